The van der Waals surface area contributed by atoms with Crippen molar-refractivity contribution in [2.45, 2.75) is 29.2 Å². The molecule has 1 aromatic carbocycles. The molecule has 1 aliphatic heterocycles. The van der Waals surface area contributed by atoms with Gasteiger partial charge in [0.15, 0.2) is 0 Å². The van der Waals surface area contributed by atoms with Gasteiger partial charge in [0.2, 0.25) is 20.0 Å². The molecule has 25 heavy (non-hydrogen) atoms. The normalized spacial score (nSPS) is 21.4. The zero-order valence-corrected chi connectivity index (χ0v) is 14.7. The van der Waals surface area contributed by atoms with Gasteiger partial charge in [-0.25, -0.2) is 16.8 Å². The van der Waals surface area contributed by atoms with Crippen molar-refractivity contribution in [2.75, 3.05) is 26.2 Å². The van der Waals surface area contributed by atoms with E-state index in [9.17, 15) is 30.0 Å². The Kier molecular flexibility index (Phi) is 4.63. The van der Waals surface area contributed by atoms with Gasteiger partial charge in [0.05, 0.1) is 15.7 Å². The first-order chi connectivity index (χ1) is 11.5. The summed E-state index contributed by atoms with van der Waals surface area (Å²) in [6.45, 7) is -0.136. The Bertz CT molecular complexity index is 856. The molecule has 140 valence electrons. The lowest BCUT2D eigenvalue weighted by atomic mass is 10.2. The predicted molar refractivity (Wildman–Crippen MR) is 83.7 cm³/mol. The summed E-state index contributed by atoms with van der Waals surface area (Å²) in [4.78, 5) is -0.444. The zero-order valence-electron chi connectivity index (χ0n) is 13.1. The van der Waals surface area contributed by atoms with Gasteiger partial charge in [0.1, 0.15) is 0 Å². The van der Waals surface area contributed by atoms with E-state index >= 15 is 0 Å². The van der Waals surface area contributed by atoms with Gasteiger partial charge >= 0.3 is 6.18 Å². The van der Waals surface area contributed by atoms with Crippen molar-refractivity contribution in [3.05, 3.63) is 29.8 Å². The Labute approximate surface area is 144 Å². The fourth-order valence-corrected chi connectivity index (χ4v) is 6.02. The zero-order chi connectivity index (χ0) is 18.5. The second-order valence-electron chi connectivity index (χ2n) is 6.07. The fraction of sp³-hybridized carbons (Fsp3) is 0.571. The molecule has 1 heterocycles. The van der Waals surface area contributed by atoms with Crippen molar-refractivity contribution in [3.8, 4) is 0 Å². The third-order valence-electron chi connectivity index (χ3n) is 4.30. The number of alkyl halides is 3. The molecule has 0 amide bonds. The average Bonchev–Trinajstić information content (AvgIpc) is 3.40. The summed E-state index contributed by atoms with van der Waals surface area (Å²) in [7, 11) is -7.49. The maximum Gasteiger partial charge on any atom is 0.416 e. The lowest BCUT2D eigenvalue weighted by Gasteiger charge is -2.33. The maximum absolute atomic E-state index is 12.8. The van der Waals surface area contributed by atoms with Crippen LogP contribution in [0.1, 0.15) is 18.4 Å². The van der Waals surface area contributed by atoms with Crippen molar-refractivity contribution >= 4 is 20.0 Å². The molecule has 0 aromatic heterocycles. The number of benzene rings is 1. The van der Waals surface area contributed by atoms with Gasteiger partial charge in [-0.05, 0) is 31.0 Å². The summed E-state index contributed by atoms with van der Waals surface area (Å²) < 4.78 is 90.1. The Morgan fingerprint density at radius 3 is 2.00 bits per heavy atom. The molecule has 6 nitrogen and oxygen atoms in total. The molecule has 2 aliphatic rings. The van der Waals surface area contributed by atoms with Crippen LogP contribution in [0, 0.1) is 0 Å². The van der Waals surface area contributed by atoms with Crippen LogP contribution < -0.4 is 0 Å². The van der Waals surface area contributed by atoms with E-state index in [4.69, 9.17) is 0 Å². The van der Waals surface area contributed by atoms with Crippen molar-refractivity contribution in [3.63, 3.8) is 0 Å². The highest BCUT2D eigenvalue weighted by Crippen LogP contribution is 2.33. The molecule has 1 saturated carbocycles. The van der Waals surface area contributed by atoms with Crippen LogP contribution >= 0.6 is 0 Å². The maximum atomic E-state index is 12.8. The SMILES string of the molecule is O=S(=O)(c1cccc(C(F)(F)F)c1)N1CCN(S(=O)(=O)C2CC2)CC1. The van der Waals surface area contributed by atoms with Gasteiger partial charge in [0.25, 0.3) is 0 Å². The van der Waals surface area contributed by atoms with Crippen LogP contribution in [0.5, 0.6) is 0 Å². The van der Waals surface area contributed by atoms with Crippen LogP contribution in [-0.4, -0.2) is 56.9 Å². The number of nitrogens with zero attached hydrogens (tertiary/aromatic N) is 2. The van der Waals surface area contributed by atoms with Gasteiger partial charge in [-0.3, -0.25) is 0 Å². The summed E-state index contributed by atoms with van der Waals surface area (Å²) in [5.41, 5.74) is -1.04. The van der Waals surface area contributed by atoms with Crippen molar-refractivity contribution < 1.29 is 30.0 Å². The molecule has 1 aliphatic carbocycles. The third kappa shape index (κ3) is 3.69. The van der Waals surface area contributed by atoms with Crippen LogP contribution in [0.4, 0.5) is 13.2 Å². The second-order valence-corrected chi connectivity index (χ2v) is 10.2. The first-order valence-corrected chi connectivity index (χ1v) is 10.6. The van der Waals surface area contributed by atoms with Gasteiger partial charge < -0.3 is 0 Å². The minimum atomic E-state index is -4.64. The highest BCUT2D eigenvalue weighted by molar-refractivity contribution is 7.90. The number of halogens is 3. The number of piperazine rings is 1. The monoisotopic (exact) mass is 398 g/mol. The summed E-state index contributed by atoms with van der Waals surface area (Å²) in [6, 6.07) is 3.56. The number of hydrogen-bond acceptors (Lipinski definition) is 4. The van der Waals surface area contributed by atoms with Gasteiger partial charge in [-0.1, -0.05) is 6.07 Å². The molecule has 1 saturated heterocycles. The molecule has 0 N–H and O–H groups in total. The second kappa shape index (κ2) is 6.22. The van der Waals surface area contributed by atoms with Crippen molar-refractivity contribution in [1.29, 1.82) is 0 Å². The van der Waals surface area contributed by atoms with Crippen molar-refractivity contribution in [2.24, 2.45) is 0 Å². The molecule has 11 heteroatoms. The molecule has 0 spiro atoms. The molecule has 0 bridgehead atoms. The molecular weight excluding hydrogens is 381 g/mol. The lowest BCUT2D eigenvalue weighted by Crippen LogP contribution is -2.51. The van der Waals surface area contributed by atoms with Crippen LogP contribution in [0.2, 0.25) is 0 Å². The minimum absolute atomic E-state index is 0.0109. The highest BCUT2D eigenvalue weighted by Gasteiger charge is 2.42. The van der Waals surface area contributed by atoms with E-state index in [0.29, 0.717) is 18.9 Å². The quantitative estimate of drug-likeness (QED) is 0.771. The molecule has 2 fully saturated rings. The van der Waals surface area contributed by atoms with Crippen LogP contribution in [0.15, 0.2) is 29.2 Å². The molecule has 0 radical (unpaired) electrons. The Hall–Kier alpha value is -1.17. The van der Waals surface area contributed by atoms with Gasteiger partial charge in [0, 0.05) is 26.2 Å². The summed E-state index contributed by atoms with van der Waals surface area (Å²) in [5.74, 6) is 0. The fourth-order valence-electron chi connectivity index (χ4n) is 2.72. The highest BCUT2D eigenvalue weighted by atomic mass is 32.2. The molecule has 0 unspecified atom stereocenters. The van der Waals surface area contributed by atoms with E-state index in [-0.39, 0.29) is 31.4 Å². The summed E-state index contributed by atoms with van der Waals surface area (Å²) in [6.07, 6.45) is -3.40. The first kappa shape index (κ1) is 18.6. The third-order valence-corrected chi connectivity index (χ3v) is 8.60. The Balaban J connectivity index is 1.76. The van der Waals surface area contributed by atoms with E-state index in [1.165, 1.54) is 4.31 Å². The summed E-state index contributed by atoms with van der Waals surface area (Å²) in [5, 5.41) is -0.376. The van der Waals surface area contributed by atoms with Crippen molar-refractivity contribution in [1.82, 2.24) is 8.61 Å². The van der Waals surface area contributed by atoms with E-state index < -0.39 is 36.7 Å². The first-order valence-electron chi connectivity index (χ1n) is 7.69. The summed E-state index contributed by atoms with van der Waals surface area (Å²) >= 11 is 0. The van der Waals surface area contributed by atoms with Crippen LogP contribution in [0.3, 0.4) is 0 Å². The molecule has 1 aromatic rings. The standard InChI is InChI=1S/C14H17F3N2O4S2/c15-14(16,17)11-2-1-3-13(10-11)25(22,23)19-8-6-18(7-9-19)24(20,21)12-4-5-12/h1-3,10,12H,4-9H2. The number of sulfonamides is 2. The van der Waals surface area contributed by atoms with E-state index in [1.54, 1.807) is 0 Å². The van der Waals surface area contributed by atoms with Gasteiger partial charge in [-0.2, -0.15) is 21.8 Å². The van der Waals surface area contributed by atoms with Crippen LogP contribution in [0.25, 0.3) is 0 Å². The largest absolute Gasteiger partial charge is 0.416 e. The average molecular weight is 398 g/mol. The smallest absolute Gasteiger partial charge is 0.212 e. The Morgan fingerprint density at radius 2 is 1.48 bits per heavy atom. The Morgan fingerprint density at radius 1 is 0.920 bits per heavy atom. The minimum Gasteiger partial charge on any atom is -0.212 e. The van der Waals surface area contributed by atoms with Gasteiger partial charge in [-0.15, -0.1) is 0 Å². The number of rotatable bonds is 4. The predicted octanol–water partition coefficient (Wildman–Crippen LogP) is 1.50. The van der Waals surface area contributed by atoms with E-state index in [2.05, 4.69) is 0 Å². The van der Waals surface area contributed by atoms with E-state index in [1.807, 2.05) is 0 Å². The molecule has 0 atom stereocenters. The lowest BCUT2D eigenvalue weighted by molar-refractivity contribution is -0.137. The molecule has 3 rings (SSSR count). The molecular formula is C14H17F3N2O4S2. The van der Waals surface area contributed by atoms with E-state index in [0.717, 1.165) is 22.5 Å². The number of hydrogen-bond donors (Lipinski definition) is 0. The topological polar surface area (TPSA) is 74.8 Å². The van der Waals surface area contributed by atoms with Crippen LogP contribution in [-0.2, 0) is 26.2 Å².